The van der Waals surface area contributed by atoms with Crippen LogP contribution in [0.3, 0.4) is 0 Å². The van der Waals surface area contributed by atoms with E-state index in [4.69, 9.17) is 0 Å². The predicted molar refractivity (Wildman–Crippen MR) is 52.9 cm³/mol. The lowest BCUT2D eigenvalue weighted by Gasteiger charge is -2.12. The summed E-state index contributed by atoms with van der Waals surface area (Å²) in [6.07, 6.45) is 1.91. The Kier molecular flexibility index (Phi) is 3.76. The standard InChI is InChI=1S/C10H9NO6/c1-6(2)10(15)16-5-9(14)17-11-7(12)3-4-8(11)13/h3-4H,1,5H2,2H3. The topological polar surface area (TPSA) is 90.0 Å². The van der Waals surface area contributed by atoms with Gasteiger partial charge in [-0.25, -0.2) is 9.59 Å². The van der Waals surface area contributed by atoms with Crippen LogP contribution in [0.1, 0.15) is 6.92 Å². The molecule has 2 amide bonds. The molecule has 0 unspecified atom stereocenters. The largest absolute Gasteiger partial charge is 0.450 e. The van der Waals surface area contributed by atoms with E-state index in [1.165, 1.54) is 6.92 Å². The second-order valence-corrected chi connectivity index (χ2v) is 3.12. The van der Waals surface area contributed by atoms with E-state index in [2.05, 4.69) is 16.2 Å². The van der Waals surface area contributed by atoms with Crippen LogP contribution in [-0.2, 0) is 28.8 Å². The number of esters is 1. The molecule has 1 heterocycles. The highest BCUT2D eigenvalue weighted by Gasteiger charge is 2.28. The van der Waals surface area contributed by atoms with Gasteiger partial charge < -0.3 is 9.57 Å². The molecular formula is C10H9NO6. The van der Waals surface area contributed by atoms with Gasteiger partial charge in [0.15, 0.2) is 6.61 Å². The van der Waals surface area contributed by atoms with Crippen LogP contribution in [0, 0.1) is 0 Å². The summed E-state index contributed by atoms with van der Waals surface area (Å²) in [5, 5.41) is 0.275. The summed E-state index contributed by atoms with van der Waals surface area (Å²) < 4.78 is 4.46. The number of carbonyl (C=O) groups excluding carboxylic acids is 4. The van der Waals surface area contributed by atoms with Crippen molar-refractivity contribution in [2.24, 2.45) is 0 Å². The molecule has 7 heteroatoms. The molecule has 0 aromatic heterocycles. The third-order valence-electron chi connectivity index (χ3n) is 1.63. The van der Waals surface area contributed by atoms with Crippen LogP contribution in [-0.4, -0.2) is 35.4 Å². The zero-order chi connectivity index (χ0) is 13.0. The van der Waals surface area contributed by atoms with E-state index >= 15 is 0 Å². The summed E-state index contributed by atoms with van der Waals surface area (Å²) in [7, 11) is 0. The minimum Gasteiger partial charge on any atom is -0.450 e. The Morgan fingerprint density at radius 3 is 2.29 bits per heavy atom. The van der Waals surface area contributed by atoms with Crippen molar-refractivity contribution in [1.82, 2.24) is 5.06 Å². The fraction of sp³-hybridized carbons (Fsp3) is 0.200. The summed E-state index contributed by atoms with van der Waals surface area (Å²) in [5.41, 5.74) is 0.118. The molecule has 0 aliphatic carbocycles. The quantitative estimate of drug-likeness (QED) is 0.373. The Labute approximate surface area is 96.2 Å². The molecule has 1 aliphatic heterocycles. The van der Waals surface area contributed by atoms with Gasteiger partial charge in [0, 0.05) is 17.7 Å². The highest BCUT2D eigenvalue weighted by Crippen LogP contribution is 2.04. The molecule has 0 aromatic carbocycles. The maximum Gasteiger partial charge on any atom is 0.370 e. The zero-order valence-corrected chi connectivity index (χ0v) is 8.97. The van der Waals surface area contributed by atoms with E-state index < -0.39 is 30.4 Å². The first-order chi connectivity index (χ1) is 7.91. The summed E-state index contributed by atoms with van der Waals surface area (Å²) in [4.78, 5) is 48.4. The van der Waals surface area contributed by atoms with Crippen LogP contribution in [0.4, 0.5) is 0 Å². The van der Waals surface area contributed by atoms with Gasteiger partial charge in [-0.15, -0.1) is 0 Å². The smallest absolute Gasteiger partial charge is 0.370 e. The molecule has 0 bridgehead atoms. The molecule has 17 heavy (non-hydrogen) atoms. The lowest BCUT2D eigenvalue weighted by molar-refractivity contribution is -0.199. The Morgan fingerprint density at radius 2 is 1.82 bits per heavy atom. The first-order valence-corrected chi connectivity index (χ1v) is 4.51. The van der Waals surface area contributed by atoms with Crippen molar-refractivity contribution in [2.75, 3.05) is 6.61 Å². The number of imide groups is 1. The minimum atomic E-state index is -1.04. The number of nitrogens with zero attached hydrogens (tertiary/aromatic N) is 1. The number of amides is 2. The van der Waals surface area contributed by atoms with Crippen molar-refractivity contribution >= 4 is 23.8 Å². The Bertz CT molecular complexity index is 418. The summed E-state index contributed by atoms with van der Waals surface area (Å²) in [6, 6.07) is 0. The van der Waals surface area contributed by atoms with Gasteiger partial charge in [0.05, 0.1) is 0 Å². The maximum atomic E-state index is 11.1. The van der Waals surface area contributed by atoms with Crippen LogP contribution in [0.5, 0.6) is 0 Å². The predicted octanol–water partition coefficient (Wildman–Crippen LogP) is -0.511. The Hall–Kier alpha value is -2.44. The number of ether oxygens (including phenoxy) is 1. The first kappa shape index (κ1) is 12.6. The van der Waals surface area contributed by atoms with Crippen molar-refractivity contribution in [3.63, 3.8) is 0 Å². The molecule has 0 radical (unpaired) electrons. The summed E-state index contributed by atoms with van der Waals surface area (Å²) >= 11 is 0. The molecule has 0 saturated heterocycles. The van der Waals surface area contributed by atoms with Crippen LogP contribution < -0.4 is 0 Å². The van der Waals surface area contributed by atoms with E-state index in [0.29, 0.717) is 0 Å². The number of carbonyl (C=O) groups is 4. The number of rotatable bonds is 4. The van der Waals surface area contributed by atoms with Gasteiger partial charge in [-0.05, 0) is 6.92 Å². The molecule has 1 rings (SSSR count). The van der Waals surface area contributed by atoms with Crippen LogP contribution in [0.15, 0.2) is 24.3 Å². The highest BCUT2D eigenvalue weighted by atomic mass is 16.7. The van der Waals surface area contributed by atoms with Gasteiger partial charge in [0.1, 0.15) is 0 Å². The third-order valence-corrected chi connectivity index (χ3v) is 1.63. The van der Waals surface area contributed by atoms with Crippen molar-refractivity contribution in [3.05, 3.63) is 24.3 Å². The van der Waals surface area contributed by atoms with Gasteiger partial charge in [-0.3, -0.25) is 9.59 Å². The average molecular weight is 239 g/mol. The third kappa shape index (κ3) is 3.26. The van der Waals surface area contributed by atoms with Crippen molar-refractivity contribution in [2.45, 2.75) is 6.92 Å². The fourth-order valence-electron chi connectivity index (χ4n) is 0.852. The molecule has 0 fully saturated rings. The van der Waals surface area contributed by atoms with Gasteiger partial charge in [-0.2, -0.15) is 0 Å². The number of hydrogen-bond donors (Lipinski definition) is 0. The lowest BCUT2D eigenvalue weighted by atomic mass is 10.4. The molecule has 1 aliphatic rings. The van der Waals surface area contributed by atoms with E-state index in [0.717, 1.165) is 12.2 Å². The number of hydrogen-bond acceptors (Lipinski definition) is 6. The van der Waals surface area contributed by atoms with E-state index in [-0.39, 0.29) is 10.6 Å². The SMILES string of the molecule is C=C(C)C(=O)OCC(=O)ON1C(=O)C=CC1=O. The molecule has 90 valence electrons. The van der Waals surface area contributed by atoms with Crippen LogP contribution >= 0.6 is 0 Å². The van der Waals surface area contributed by atoms with Crippen LogP contribution in [0.2, 0.25) is 0 Å². The second kappa shape index (κ2) is 5.06. The van der Waals surface area contributed by atoms with Crippen LogP contribution in [0.25, 0.3) is 0 Å². The van der Waals surface area contributed by atoms with E-state index in [9.17, 15) is 19.2 Å². The molecular weight excluding hydrogens is 230 g/mol. The fourth-order valence-corrected chi connectivity index (χ4v) is 0.852. The first-order valence-electron chi connectivity index (χ1n) is 4.51. The van der Waals surface area contributed by atoms with E-state index in [1.807, 2.05) is 0 Å². The second-order valence-electron chi connectivity index (χ2n) is 3.12. The Morgan fingerprint density at radius 1 is 1.29 bits per heavy atom. The van der Waals surface area contributed by atoms with Crippen molar-refractivity contribution < 1.29 is 28.8 Å². The maximum absolute atomic E-state index is 11.1. The Balaban J connectivity index is 2.41. The van der Waals surface area contributed by atoms with Gasteiger partial charge in [0.2, 0.25) is 0 Å². The van der Waals surface area contributed by atoms with E-state index in [1.54, 1.807) is 0 Å². The summed E-state index contributed by atoms with van der Waals surface area (Å²) in [6.45, 7) is 4.01. The van der Waals surface area contributed by atoms with Crippen molar-refractivity contribution in [3.8, 4) is 0 Å². The summed E-state index contributed by atoms with van der Waals surface area (Å²) in [5.74, 6) is -3.34. The average Bonchev–Trinajstić information content (AvgIpc) is 2.57. The molecule has 0 atom stereocenters. The monoisotopic (exact) mass is 239 g/mol. The molecule has 0 N–H and O–H groups in total. The van der Waals surface area contributed by atoms with Gasteiger partial charge in [-0.1, -0.05) is 11.6 Å². The molecule has 7 nitrogen and oxygen atoms in total. The zero-order valence-electron chi connectivity index (χ0n) is 8.97. The minimum absolute atomic E-state index is 0.118. The molecule has 0 saturated carbocycles. The van der Waals surface area contributed by atoms with Crippen molar-refractivity contribution in [1.29, 1.82) is 0 Å². The normalized spacial score (nSPS) is 13.8. The van der Waals surface area contributed by atoms with Gasteiger partial charge in [0.25, 0.3) is 11.8 Å². The molecule has 0 spiro atoms. The number of hydroxylamine groups is 2. The lowest BCUT2D eigenvalue weighted by Crippen LogP contribution is -2.34. The molecule has 0 aromatic rings. The highest BCUT2D eigenvalue weighted by molar-refractivity contribution is 6.12. The van der Waals surface area contributed by atoms with Gasteiger partial charge >= 0.3 is 11.9 Å².